The van der Waals surface area contributed by atoms with Crippen LogP contribution in [0.4, 0.5) is 4.39 Å². The number of hydrogen-bond donors (Lipinski definition) is 4. The molecule has 0 aromatic heterocycles. The van der Waals surface area contributed by atoms with Crippen molar-refractivity contribution in [1.82, 2.24) is 54.3 Å². The van der Waals surface area contributed by atoms with Gasteiger partial charge in [-0.3, -0.25) is 57.9 Å². The van der Waals surface area contributed by atoms with Crippen molar-refractivity contribution in [3.05, 3.63) is 12.4 Å². The molecule has 0 spiro atoms. The molecule has 0 radical (unpaired) electrons. The Morgan fingerprint density at radius 1 is 0.431 bits per heavy atom. The number of halogens is 1. The lowest BCUT2D eigenvalue weighted by Crippen LogP contribution is -2.54. The van der Waals surface area contributed by atoms with E-state index in [1.54, 1.807) is 4.90 Å². The third kappa shape index (κ3) is 54.6. The first kappa shape index (κ1) is 122. The van der Waals surface area contributed by atoms with E-state index in [-0.39, 0.29) is 42.8 Å². The fourth-order valence-corrected chi connectivity index (χ4v) is 19.0. The van der Waals surface area contributed by atoms with Crippen LogP contribution in [-0.2, 0) is 43.2 Å². The molecule has 9 heterocycles. The van der Waals surface area contributed by atoms with Crippen molar-refractivity contribution in [3.63, 3.8) is 0 Å². The molecule has 9 aliphatic heterocycles. The largest absolute Gasteiger partial charge is 0.394 e. The van der Waals surface area contributed by atoms with Crippen LogP contribution in [0.1, 0.15) is 313 Å². The number of nitrogens with two attached hydrogens (primary N) is 1. The van der Waals surface area contributed by atoms with Gasteiger partial charge in [0.1, 0.15) is 58.5 Å². The maximum atomic E-state index is 14.4. The summed E-state index contributed by atoms with van der Waals surface area (Å²) in [6, 6.07) is -0.588. The summed E-state index contributed by atoms with van der Waals surface area (Å²) >= 11 is 0. The molecule has 0 aromatic rings. The van der Waals surface area contributed by atoms with Crippen molar-refractivity contribution >= 4 is 52.2 Å². The molecule has 24 heteroatoms. The van der Waals surface area contributed by atoms with Crippen molar-refractivity contribution < 1.29 is 57.8 Å². The molecular weight excluding hydrogens is 1640 g/mol. The van der Waals surface area contributed by atoms with E-state index in [1.807, 2.05) is 32.6 Å². The predicted molar refractivity (Wildman–Crippen MR) is 535 cm³/mol. The maximum absolute atomic E-state index is 14.4. The molecule has 5 N–H and O–H groups in total. The van der Waals surface area contributed by atoms with Crippen LogP contribution in [0, 0.1) is 88.8 Å². The van der Waals surface area contributed by atoms with Crippen LogP contribution in [0.2, 0.25) is 0 Å². The van der Waals surface area contributed by atoms with Gasteiger partial charge in [0.2, 0.25) is 5.91 Å². The van der Waals surface area contributed by atoms with E-state index in [4.69, 9.17) is 5.73 Å². The number of aliphatic hydroxyl groups is 2. The average molecular weight is 1840 g/mol. The summed E-state index contributed by atoms with van der Waals surface area (Å²) in [5, 5.41) is 21.8. The van der Waals surface area contributed by atoms with Gasteiger partial charge in [0, 0.05) is 181 Å². The number of nitrogens with zero attached hydrogens (tertiary/aromatic N) is 10. The number of rotatable bonds is 40. The first-order valence-corrected chi connectivity index (χ1v) is 51.9. The van der Waals surface area contributed by atoms with Crippen LogP contribution in [0.15, 0.2) is 12.4 Å². The predicted octanol–water partition coefficient (Wildman–Crippen LogP) is 15.6. The van der Waals surface area contributed by atoms with Crippen molar-refractivity contribution in [3.8, 4) is 0 Å². The van der Waals surface area contributed by atoms with Gasteiger partial charge in [-0.1, -0.05) is 131 Å². The number of Topliss-reactive ketones (excluding diaryl/α,β-unsaturated/α-hetero) is 8. The van der Waals surface area contributed by atoms with Gasteiger partial charge in [0.05, 0.1) is 49.2 Å². The lowest BCUT2D eigenvalue weighted by atomic mass is 9.60. The zero-order valence-electron chi connectivity index (χ0n) is 88.2. The molecule has 8 unspecified atom stereocenters. The summed E-state index contributed by atoms with van der Waals surface area (Å²) in [4.78, 5) is 128. The number of amides is 1. The monoisotopic (exact) mass is 1840 g/mol. The van der Waals surface area contributed by atoms with Crippen LogP contribution >= 0.6 is 0 Å². The topological polar surface area (TPSA) is 265 Å². The van der Waals surface area contributed by atoms with Gasteiger partial charge in [-0.15, -0.1) is 0 Å². The molecule has 8 atom stereocenters. The number of fused-ring (bicyclic) bond motifs is 2. The molecule has 2 bridgehead atoms. The van der Waals surface area contributed by atoms with Crippen molar-refractivity contribution in [2.75, 3.05) is 179 Å². The van der Waals surface area contributed by atoms with E-state index in [1.165, 1.54) is 97.6 Å². The summed E-state index contributed by atoms with van der Waals surface area (Å²) in [5.41, 5.74) is 5.19. The summed E-state index contributed by atoms with van der Waals surface area (Å²) in [6.45, 7) is 70.9. The number of carbonyl (C=O) groups excluding carboxylic acids is 9. The van der Waals surface area contributed by atoms with Crippen molar-refractivity contribution in [2.45, 2.75) is 349 Å². The highest BCUT2D eigenvalue weighted by Gasteiger charge is 2.46. The van der Waals surface area contributed by atoms with Crippen LogP contribution in [0.25, 0.3) is 0 Å². The Hall–Kier alpha value is -4.34. The van der Waals surface area contributed by atoms with Gasteiger partial charge in [-0.2, -0.15) is 0 Å². The number of piperidine rings is 7. The number of likely N-dealkylation sites (tertiary alicyclic amines) is 5. The Balaban J connectivity index is 0.000000505. The van der Waals surface area contributed by atoms with Gasteiger partial charge >= 0.3 is 0 Å². The van der Waals surface area contributed by atoms with E-state index in [9.17, 15) is 57.8 Å². The second kappa shape index (κ2) is 65.5. The molecule has 23 nitrogen and oxygen atoms in total. The van der Waals surface area contributed by atoms with Crippen molar-refractivity contribution in [1.29, 1.82) is 0 Å². The van der Waals surface area contributed by atoms with Crippen molar-refractivity contribution in [2.24, 2.45) is 94.5 Å². The Morgan fingerprint density at radius 2 is 0.831 bits per heavy atom. The lowest BCUT2D eigenvalue weighted by molar-refractivity contribution is -0.136. The number of alkyl halides is 1. The van der Waals surface area contributed by atoms with Gasteiger partial charge in [0.15, 0.2) is 0 Å². The normalized spacial score (nSPS) is 22.6. The van der Waals surface area contributed by atoms with E-state index >= 15 is 0 Å². The average Bonchev–Trinajstić information content (AvgIpc) is 0.770. The first-order valence-electron chi connectivity index (χ1n) is 51.9. The van der Waals surface area contributed by atoms with E-state index in [2.05, 4.69) is 197 Å². The fraction of sp³-hybridized carbons (Fsp3) is 0.896. The highest BCUT2D eigenvalue weighted by atomic mass is 19.1. The Bertz CT molecular complexity index is 3100. The summed E-state index contributed by atoms with van der Waals surface area (Å²) in [5.74, 6) is 11.5. The number of nitrogens with one attached hydrogen (secondary N) is 1. The van der Waals surface area contributed by atoms with E-state index < -0.39 is 23.9 Å². The smallest absolute Gasteiger partial charge is 0.242 e. The second-order valence-corrected chi connectivity index (χ2v) is 45.3. The zero-order chi connectivity index (χ0) is 98.2. The van der Waals surface area contributed by atoms with Gasteiger partial charge in [-0.05, 0) is 256 Å². The van der Waals surface area contributed by atoms with Gasteiger partial charge < -0.3 is 55.6 Å². The first-order chi connectivity index (χ1) is 60.8. The quantitative estimate of drug-likeness (QED) is 0.0444. The van der Waals surface area contributed by atoms with Crippen LogP contribution in [0.3, 0.4) is 0 Å². The molecule has 1 amide bonds. The molecule has 9 saturated heterocycles. The van der Waals surface area contributed by atoms with Crippen LogP contribution in [0.5, 0.6) is 0 Å². The molecule has 130 heavy (non-hydrogen) atoms. The number of likely N-dealkylation sites (N-methyl/N-ethyl adjacent to an activating group) is 2. The Morgan fingerprint density at radius 3 is 1.28 bits per heavy atom. The number of hydrogen-bond acceptors (Lipinski definition) is 22. The number of piperazine rings is 2. The summed E-state index contributed by atoms with van der Waals surface area (Å²) in [7, 11) is 8.65. The van der Waals surface area contributed by atoms with E-state index in [0.717, 1.165) is 172 Å². The van der Waals surface area contributed by atoms with E-state index in [0.29, 0.717) is 164 Å². The molecule has 0 aromatic carbocycles. The highest BCUT2D eigenvalue weighted by molar-refractivity contribution is 5.85. The maximum Gasteiger partial charge on any atom is 0.242 e. The highest BCUT2D eigenvalue weighted by Crippen LogP contribution is 2.47. The van der Waals surface area contributed by atoms with Crippen LogP contribution < -0.4 is 11.1 Å². The molecule has 1 saturated carbocycles. The summed E-state index contributed by atoms with van der Waals surface area (Å²) in [6.07, 6.45) is 21.2. The van der Waals surface area contributed by atoms with Gasteiger partial charge in [-0.25, -0.2) is 4.39 Å². The summed E-state index contributed by atoms with van der Waals surface area (Å²) < 4.78 is 14.4. The number of carbonyl (C=O) groups is 9. The number of aliphatic hydroxyl groups excluding tert-OH is 2. The minimum atomic E-state index is -1.01. The minimum Gasteiger partial charge on any atom is -0.394 e. The third-order valence-electron chi connectivity index (χ3n) is 27.3. The standard InChI is InChI=1S/C17H31FN2O2.C15H28N2O3.C13H23NO.2C13H25NO.C12H24N2O.C12H23NO.C11H22N2O/c1-12(2)8-15(22)9-14-6-7-20(10-16(14)18)13(3)19-17(4,5)11-21;1-10(2)8-13(19)9-12-4-6-17(7-5-12)15(20)14(16)11(3)18;1-9(2)4-12(15)6-13-10-5-11(13)8-14(3)7-10;1-10(2)9-13(15)12(4)14-7-5-11(3)6-8-14;1-11(2)10-13(15)5-4-12-6-8-14(3)9-7-12;1-10(2)9-12(15)11(3)14-7-5-13(4)6-8-14;1-11(2)10-12(14)6-9-13-7-4-3-5-8-13;1-10(2)8-11(14)9-13-6-4-12(3)5-7-13/h12,14,16,19,21H,3,6-11H2,1-2,4-5H3;10-12,14,18H,4-9,16H2,1-3H3;9-11,13H,4-8H2,1-3H3;10-12H,5-9H2,1-4H3;11-12H,4-10H2,1-3H3;10-11H,5-9H2,1-4H3;11H,3-10H2,1-2H3;10H,4-9H2,1-3H3. The lowest BCUT2D eigenvalue weighted by Gasteiger charge is -2.53. The second-order valence-electron chi connectivity index (χ2n) is 45.3. The molecule has 10 rings (SSSR count). The third-order valence-corrected chi connectivity index (χ3v) is 27.3. The molecular formula is C106H201FN12O11. The SMILES string of the molecule is C=C(NC(C)(C)CO)N1CCC(CC(=O)CC(C)C)C(F)C1.CC(C)CC(=O)C(C)N1CCC(C)CC1.CC(C)CC(=O)C(C)N1CCN(C)CC1.CC(C)CC(=O)CC1C2CC1CN(C)C2.CC(C)CC(=O)CC1CCN(C(=O)C(N)C(C)O)CC1.CC(C)CC(=O)CCC1CCN(C)CC1.CC(C)CC(=O)CCN1CCCCC1.CC(C)CC(=O)CN1CCN(C)CC1. The molecule has 1 aliphatic carbocycles. The zero-order valence-corrected chi connectivity index (χ0v) is 88.2. The molecule has 758 valence electrons. The minimum absolute atomic E-state index is 0.0226. The molecule has 10 aliphatic rings. The molecule has 10 fully saturated rings. The fourth-order valence-electron chi connectivity index (χ4n) is 19.0. The number of ketones is 8. The Labute approximate surface area is 794 Å². The van der Waals surface area contributed by atoms with Gasteiger partial charge in [0.25, 0.3) is 0 Å². The Kier molecular flexibility index (Phi) is 61.3. The van der Waals surface area contributed by atoms with Crippen LogP contribution in [-0.4, -0.2) is 326 Å².